The molecule has 0 bridgehead atoms. The van der Waals surface area contributed by atoms with E-state index in [0.717, 1.165) is 24.9 Å². The topological polar surface area (TPSA) is 44.3 Å². The van der Waals surface area contributed by atoms with Crippen LogP contribution in [-0.2, 0) is 0 Å². The van der Waals surface area contributed by atoms with E-state index in [1.54, 1.807) is 0 Å². The first kappa shape index (κ1) is 18.8. The number of hydrogen-bond donors (Lipinski definition) is 1. The highest BCUT2D eigenvalue weighted by Crippen LogP contribution is 2.20. The van der Waals surface area contributed by atoms with Crippen molar-refractivity contribution in [3.8, 4) is 0 Å². The summed E-state index contributed by atoms with van der Waals surface area (Å²) >= 11 is 1.95. The van der Waals surface area contributed by atoms with E-state index in [1.165, 1.54) is 70.3 Å². The van der Waals surface area contributed by atoms with E-state index in [-0.39, 0.29) is 0 Å². The van der Waals surface area contributed by atoms with Crippen molar-refractivity contribution in [3.05, 3.63) is 12.3 Å². The van der Waals surface area contributed by atoms with Crippen LogP contribution in [0.15, 0.2) is 12.3 Å². The molecule has 25 heavy (non-hydrogen) atoms. The van der Waals surface area contributed by atoms with Gasteiger partial charge in [0.15, 0.2) is 0 Å². The van der Waals surface area contributed by atoms with E-state index in [1.807, 2.05) is 18.0 Å². The average molecular weight is 364 g/mol. The molecule has 0 atom stereocenters. The van der Waals surface area contributed by atoms with E-state index >= 15 is 0 Å². The summed E-state index contributed by atoms with van der Waals surface area (Å²) in [5.74, 6) is 3.17. The van der Waals surface area contributed by atoms with Crippen LogP contribution in [0.1, 0.15) is 44.9 Å². The lowest BCUT2D eigenvalue weighted by atomic mass is 10.1. The first-order valence-electron chi connectivity index (χ1n) is 9.91. The van der Waals surface area contributed by atoms with Gasteiger partial charge in [0.2, 0.25) is 5.95 Å². The quantitative estimate of drug-likeness (QED) is 0.748. The minimum absolute atomic E-state index is 0.510. The maximum absolute atomic E-state index is 4.80. The van der Waals surface area contributed by atoms with Crippen molar-refractivity contribution in [2.75, 3.05) is 54.9 Å². The molecule has 1 N–H and O–H groups in total. The fourth-order valence-electron chi connectivity index (χ4n) is 3.81. The molecule has 2 fully saturated rings. The van der Waals surface area contributed by atoms with Gasteiger partial charge in [0.25, 0.3) is 0 Å². The zero-order chi connectivity index (χ0) is 17.3. The molecule has 0 radical (unpaired) electrons. The van der Waals surface area contributed by atoms with Gasteiger partial charge in [-0.2, -0.15) is 16.7 Å². The zero-order valence-electron chi connectivity index (χ0n) is 15.6. The van der Waals surface area contributed by atoms with E-state index in [2.05, 4.69) is 32.4 Å². The summed E-state index contributed by atoms with van der Waals surface area (Å²) in [5, 5.41) is 3.58. The Morgan fingerprint density at radius 2 is 1.88 bits per heavy atom. The van der Waals surface area contributed by atoms with Crippen LogP contribution in [-0.4, -0.2) is 65.6 Å². The number of thioether (sulfide) groups is 1. The third-order valence-corrected chi connectivity index (χ3v) is 6.01. The second kappa shape index (κ2) is 10.2. The Labute approximate surface area is 157 Å². The van der Waals surface area contributed by atoms with Crippen molar-refractivity contribution in [2.24, 2.45) is 0 Å². The fraction of sp³-hybridized carbons (Fsp3) is 0.789. The number of piperidine rings is 1. The molecule has 0 unspecified atom stereocenters. The van der Waals surface area contributed by atoms with Crippen LogP contribution >= 0.6 is 11.8 Å². The first-order valence-corrected chi connectivity index (χ1v) is 11.3. The van der Waals surface area contributed by atoms with Crippen LogP contribution in [0.3, 0.4) is 0 Å². The van der Waals surface area contributed by atoms with Gasteiger partial charge in [-0.25, -0.2) is 4.98 Å². The molecule has 140 valence electrons. The summed E-state index contributed by atoms with van der Waals surface area (Å²) in [6.45, 7) is 5.89. The lowest BCUT2D eigenvalue weighted by Crippen LogP contribution is -2.40. The van der Waals surface area contributed by atoms with Crippen LogP contribution < -0.4 is 10.2 Å². The maximum atomic E-state index is 4.80. The Bertz CT molecular complexity index is 496. The minimum Gasteiger partial charge on any atom is -0.356 e. The SMILES string of the molecule is CSCCCN1CCC(Nc2nccc(N3CCCCCC3)n2)CC1. The monoisotopic (exact) mass is 363 g/mol. The minimum atomic E-state index is 0.510. The smallest absolute Gasteiger partial charge is 0.224 e. The van der Waals surface area contributed by atoms with Gasteiger partial charge >= 0.3 is 0 Å². The molecule has 2 aliphatic heterocycles. The van der Waals surface area contributed by atoms with Crippen molar-refractivity contribution in [1.29, 1.82) is 0 Å². The molecular formula is C19H33N5S. The maximum Gasteiger partial charge on any atom is 0.224 e. The van der Waals surface area contributed by atoms with Crippen molar-refractivity contribution < 1.29 is 0 Å². The third-order valence-electron chi connectivity index (χ3n) is 5.31. The molecule has 5 nitrogen and oxygen atoms in total. The summed E-state index contributed by atoms with van der Waals surface area (Å²) in [6, 6.07) is 2.57. The zero-order valence-corrected chi connectivity index (χ0v) is 16.4. The van der Waals surface area contributed by atoms with Gasteiger partial charge in [0.1, 0.15) is 5.82 Å². The predicted molar refractivity (Wildman–Crippen MR) is 109 cm³/mol. The molecule has 2 aliphatic rings. The molecule has 6 heteroatoms. The van der Waals surface area contributed by atoms with Crippen LogP contribution in [0.2, 0.25) is 0 Å². The Balaban J connectivity index is 1.48. The normalized spacial score (nSPS) is 20.4. The van der Waals surface area contributed by atoms with Gasteiger partial charge in [-0.15, -0.1) is 0 Å². The Hall–Kier alpha value is -1.01. The van der Waals surface area contributed by atoms with E-state index in [4.69, 9.17) is 4.98 Å². The average Bonchev–Trinajstić information content (AvgIpc) is 2.93. The van der Waals surface area contributed by atoms with Crippen molar-refractivity contribution >= 4 is 23.5 Å². The number of aromatic nitrogens is 2. The van der Waals surface area contributed by atoms with Crippen LogP contribution in [0.5, 0.6) is 0 Å². The van der Waals surface area contributed by atoms with Gasteiger partial charge in [-0.3, -0.25) is 0 Å². The first-order chi connectivity index (χ1) is 12.3. The second-order valence-corrected chi connectivity index (χ2v) is 8.23. The summed E-state index contributed by atoms with van der Waals surface area (Å²) < 4.78 is 0. The van der Waals surface area contributed by atoms with Crippen molar-refractivity contribution in [2.45, 2.75) is 51.0 Å². The largest absolute Gasteiger partial charge is 0.356 e. The molecule has 0 aliphatic carbocycles. The Kier molecular flexibility index (Phi) is 7.67. The highest BCUT2D eigenvalue weighted by Gasteiger charge is 2.20. The van der Waals surface area contributed by atoms with Gasteiger partial charge in [-0.1, -0.05) is 12.8 Å². The molecule has 1 aromatic heterocycles. The van der Waals surface area contributed by atoms with Crippen LogP contribution in [0, 0.1) is 0 Å². The summed E-state index contributed by atoms with van der Waals surface area (Å²) in [7, 11) is 0. The van der Waals surface area contributed by atoms with E-state index < -0.39 is 0 Å². The molecule has 3 rings (SSSR count). The highest BCUT2D eigenvalue weighted by molar-refractivity contribution is 7.98. The Morgan fingerprint density at radius 1 is 1.12 bits per heavy atom. The van der Waals surface area contributed by atoms with E-state index in [0.29, 0.717) is 6.04 Å². The molecule has 0 aromatic carbocycles. The van der Waals surface area contributed by atoms with Crippen LogP contribution in [0.4, 0.5) is 11.8 Å². The highest BCUT2D eigenvalue weighted by atomic mass is 32.2. The lowest BCUT2D eigenvalue weighted by Gasteiger charge is -2.32. The number of nitrogens with one attached hydrogen (secondary N) is 1. The molecule has 1 aromatic rings. The van der Waals surface area contributed by atoms with Gasteiger partial charge in [0.05, 0.1) is 0 Å². The van der Waals surface area contributed by atoms with Gasteiger partial charge in [0, 0.05) is 38.4 Å². The second-order valence-electron chi connectivity index (χ2n) is 7.25. The molecule has 0 spiro atoms. The number of nitrogens with zero attached hydrogens (tertiary/aromatic N) is 4. The van der Waals surface area contributed by atoms with E-state index in [9.17, 15) is 0 Å². The number of rotatable bonds is 7. The standard InChI is InChI=1S/C19H33N5S/c1-25-16-6-11-23-14-8-17(9-15-23)21-19-20-10-7-18(22-19)24-12-4-2-3-5-13-24/h7,10,17H,2-6,8-9,11-16H2,1H3,(H,20,21,22). The van der Waals surface area contributed by atoms with Gasteiger partial charge < -0.3 is 15.1 Å². The summed E-state index contributed by atoms with van der Waals surface area (Å²) in [4.78, 5) is 14.3. The number of anilines is 2. The Morgan fingerprint density at radius 3 is 2.60 bits per heavy atom. The molecular weight excluding hydrogens is 330 g/mol. The van der Waals surface area contributed by atoms with Gasteiger partial charge in [-0.05, 0) is 56.7 Å². The predicted octanol–water partition coefficient (Wildman–Crippen LogP) is 3.49. The van der Waals surface area contributed by atoms with Crippen LogP contribution in [0.25, 0.3) is 0 Å². The van der Waals surface area contributed by atoms with Crippen molar-refractivity contribution in [3.63, 3.8) is 0 Å². The summed E-state index contributed by atoms with van der Waals surface area (Å²) in [6.07, 6.45) is 13.0. The summed E-state index contributed by atoms with van der Waals surface area (Å²) in [5.41, 5.74) is 0. The fourth-order valence-corrected chi connectivity index (χ4v) is 4.23. The third kappa shape index (κ3) is 6.03. The molecule has 3 heterocycles. The van der Waals surface area contributed by atoms with Crippen molar-refractivity contribution in [1.82, 2.24) is 14.9 Å². The number of hydrogen-bond acceptors (Lipinski definition) is 6. The number of likely N-dealkylation sites (tertiary alicyclic amines) is 1. The molecule has 0 amide bonds. The lowest BCUT2D eigenvalue weighted by molar-refractivity contribution is 0.220. The molecule has 0 saturated carbocycles. The molecule has 2 saturated heterocycles.